The summed E-state index contributed by atoms with van der Waals surface area (Å²) in [6, 6.07) is -4.80. The molecule has 2 aromatic heterocycles. The van der Waals surface area contributed by atoms with Crippen LogP contribution in [0.2, 0.25) is 0 Å². The van der Waals surface area contributed by atoms with Crippen molar-refractivity contribution in [1.82, 2.24) is 35.9 Å². The maximum absolute atomic E-state index is 12.8. The molecular weight excluding hydrogens is 424 g/mol. The van der Waals surface area contributed by atoms with Gasteiger partial charge in [-0.25, -0.2) is 9.97 Å². The van der Waals surface area contributed by atoms with Crippen LogP contribution in [0.1, 0.15) is 18.3 Å². The minimum absolute atomic E-state index is 0.000350. The average Bonchev–Trinajstić information content (AvgIpc) is 3.45. The van der Waals surface area contributed by atoms with E-state index in [9.17, 15) is 24.3 Å². The molecule has 32 heavy (non-hydrogen) atoms. The first-order valence-corrected chi connectivity index (χ1v) is 9.66. The minimum atomic E-state index is -1.43. The first kappa shape index (κ1) is 24.5. The van der Waals surface area contributed by atoms with Gasteiger partial charge < -0.3 is 41.9 Å². The van der Waals surface area contributed by atoms with Crippen molar-refractivity contribution in [3.8, 4) is 0 Å². The van der Waals surface area contributed by atoms with Gasteiger partial charge >= 0.3 is 5.97 Å². The highest BCUT2D eigenvalue weighted by Crippen LogP contribution is 2.03. The molecule has 0 saturated heterocycles. The van der Waals surface area contributed by atoms with E-state index in [1.807, 2.05) is 0 Å². The lowest BCUT2D eigenvalue weighted by atomic mass is 10.1. The zero-order chi connectivity index (χ0) is 23.7. The number of aliphatic hydroxyl groups is 1. The molecule has 2 heterocycles. The van der Waals surface area contributed by atoms with Gasteiger partial charge in [0.05, 0.1) is 25.3 Å². The molecule has 4 unspecified atom stereocenters. The van der Waals surface area contributed by atoms with Crippen molar-refractivity contribution < 1.29 is 29.4 Å². The van der Waals surface area contributed by atoms with Gasteiger partial charge in [-0.3, -0.25) is 19.2 Å². The van der Waals surface area contributed by atoms with Crippen molar-refractivity contribution in [2.45, 2.75) is 43.9 Å². The lowest BCUT2D eigenvalue weighted by Gasteiger charge is -2.23. The van der Waals surface area contributed by atoms with Crippen molar-refractivity contribution >= 4 is 23.7 Å². The predicted molar refractivity (Wildman–Crippen MR) is 109 cm³/mol. The van der Waals surface area contributed by atoms with Gasteiger partial charge in [0.2, 0.25) is 17.7 Å². The first-order chi connectivity index (χ1) is 15.2. The molecule has 0 radical (unpaired) electrons. The summed E-state index contributed by atoms with van der Waals surface area (Å²) < 4.78 is 0. The van der Waals surface area contributed by atoms with E-state index in [1.54, 1.807) is 0 Å². The van der Waals surface area contributed by atoms with Crippen LogP contribution in [-0.2, 0) is 32.0 Å². The Balaban J connectivity index is 2.07. The number of nitrogens with two attached hydrogens (primary N) is 1. The van der Waals surface area contributed by atoms with Crippen LogP contribution in [0.25, 0.3) is 0 Å². The number of carboxylic acid groups (broad SMARTS) is 1. The molecule has 0 spiro atoms. The Labute approximate surface area is 182 Å². The molecule has 4 atom stereocenters. The van der Waals surface area contributed by atoms with E-state index in [4.69, 9.17) is 10.8 Å². The second kappa shape index (κ2) is 11.6. The number of aliphatic hydroxyl groups excluding tert-OH is 1. The number of imidazole rings is 2. The third kappa shape index (κ3) is 7.17. The molecule has 0 aliphatic carbocycles. The molecule has 174 valence electrons. The maximum atomic E-state index is 12.8. The van der Waals surface area contributed by atoms with Gasteiger partial charge in [-0.05, 0) is 6.92 Å². The fourth-order valence-electron chi connectivity index (χ4n) is 2.67. The van der Waals surface area contributed by atoms with E-state index in [0.717, 1.165) is 0 Å². The van der Waals surface area contributed by atoms with Crippen LogP contribution in [0.5, 0.6) is 0 Å². The molecule has 0 bridgehead atoms. The number of aromatic nitrogens is 4. The number of carbonyl (C=O) groups is 4. The average molecular weight is 450 g/mol. The summed E-state index contributed by atoms with van der Waals surface area (Å²) in [4.78, 5) is 61.8. The zero-order valence-corrected chi connectivity index (χ0v) is 17.2. The molecule has 9 N–H and O–H groups in total. The third-order valence-corrected chi connectivity index (χ3v) is 4.49. The molecule has 2 rings (SSSR count). The summed E-state index contributed by atoms with van der Waals surface area (Å²) in [5, 5.41) is 25.4. The van der Waals surface area contributed by atoms with Crippen LogP contribution in [0, 0.1) is 0 Å². The lowest BCUT2D eigenvalue weighted by molar-refractivity contribution is -0.142. The van der Waals surface area contributed by atoms with Gasteiger partial charge in [0.25, 0.3) is 0 Å². The fourth-order valence-corrected chi connectivity index (χ4v) is 2.67. The number of carbonyl (C=O) groups excluding carboxylic acids is 3. The monoisotopic (exact) mass is 450 g/mol. The highest BCUT2D eigenvalue weighted by Gasteiger charge is 2.29. The minimum Gasteiger partial charge on any atom is -0.480 e. The number of H-pyrrole nitrogens is 2. The van der Waals surface area contributed by atoms with E-state index in [2.05, 4.69) is 35.9 Å². The van der Waals surface area contributed by atoms with Crippen LogP contribution in [0.4, 0.5) is 0 Å². The number of aromatic amines is 2. The zero-order valence-electron chi connectivity index (χ0n) is 17.2. The van der Waals surface area contributed by atoms with Crippen LogP contribution in [0.3, 0.4) is 0 Å². The number of hydrogen-bond acceptors (Lipinski definition) is 8. The first-order valence-electron chi connectivity index (χ1n) is 9.66. The molecule has 0 aliphatic rings. The van der Waals surface area contributed by atoms with Gasteiger partial charge in [0.15, 0.2) is 0 Å². The second-order valence-electron chi connectivity index (χ2n) is 7.04. The second-order valence-corrected chi connectivity index (χ2v) is 7.04. The number of carboxylic acids is 1. The van der Waals surface area contributed by atoms with Crippen LogP contribution in [0.15, 0.2) is 25.0 Å². The number of nitrogens with zero attached hydrogens (tertiary/aromatic N) is 2. The van der Waals surface area contributed by atoms with Crippen LogP contribution in [-0.4, -0.2) is 84.6 Å². The summed E-state index contributed by atoms with van der Waals surface area (Å²) in [6.07, 6.45) is 5.97. The SMILES string of the molecule is CC(NC(=O)C(CO)NC(=O)C(Cc1cnc[nH]1)NC(=O)C(N)Cc1cnc[nH]1)C(=O)O. The lowest BCUT2D eigenvalue weighted by Crippen LogP contribution is -2.58. The Hall–Kier alpha value is -3.78. The molecule has 0 saturated carbocycles. The Morgan fingerprint density at radius 2 is 1.47 bits per heavy atom. The third-order valence-electron chi connectivity index (χ3n) is 4.49. The van der Waals surface area contributed by atoms with Gasteiger partial charge in [0, 0.05) is 36.6 Å². The Morgan fingerprint density at radius 1 is 0.938 bits per heavy atom. The van der Waals surface area contributed by atoms with Crippen molar-refractivity contribution in [2.24, 2.45) is 5.73 Å². The Kier molecular flexibility index (Phi) is 8.85. The quantitative estimate of drug-likeness (QED) is 0.162. The number of hydrogen-bond donors (Lipinski definition) is 8. The highest BCUT2D eigenvalue weighted by molar-refractivity contribution is 5.94. The molecular formula is C18H26N8O6. The van der Waals surface area contributed by atoms with Crippen molar-refractivity contribution in [3.63, 3.8) is 0 Å². The van der Waals surface area contributed by atoms with E-state index in [-0.39, 0.29) is 12.8 Å². The van der Waals surface area contributed by atoms with Crippen LogP contribution >= 0.6 is 0 Å². The van der Waals surface area contributed by atoms with Gasteiger partial charge in [-0.15, -0.1) is 0 Å². The standard InChI is InChI=1S/C18H26N8O6/c1-9(18(31)32)24-17(30)14(6-27)26-16(29)13(3-11-5-21-8-23-11)25-15(28)12(19)2-10-4-20-7-22-10/h4-5,7-9,12-14,27H,2-3,6,19H2,1H3,(H,20,22)(H,21,23)(H,24,30)(H,25,28)(H,26,29)(H,31,32). The molecule has 0 aliphatic heterocycles. The molecule has 14 nitrogen and oxygen atoms in total. The van der Waals surface area contributed by atoms with E-state index in [1.165, 1.54) is 32.0 Å². The molecule has 14 heteroatoms. The van der Waals surface area contributed by atoms with E-state index in [0.29, 0.717) is 11.4 Å². The van der Waals surface area contributed by atoms with E-state index >= 15 is 0 Å². The summed E-state index contributed by atoms with van der Waals surface area (Å²) in [6.45, 7) is 0.451. The Morgan fingerprint density at radius 3 is 1.97 bits per heavy atom. The van der Waals surface area contributed by atoms with Gasteiger partial charge in [0.1, 0.15) is 18.1 Å². The van der Waals surface area contributed by atoms with Crippen LogP contribution < -0.4 is 21.7 Å². The van der Waals surface area contributed by atoms with Crippen molar-refractivity contribution in [1.29, 1.82) is 0 Å². The number of nitrogens with one attached hydrogen (secondary N) is 5. The Bertz CT molecular complexity index is 901. The molecule has 2 aromatic rings. The fraction of sp³-hybridized carbons (Fsp3) is 0.444. The topological polar surface area (TPSA) is 228 Å². The van der Waals surface area contributed by atoms with E-state index < -0.39 is 54.5 Å². The summed E-state index contributed by atoms with van der Waals surface area (Å²) >= 11 is 0. The predicted octanol–water partition coefficient (Wildman–Crippen LogP) is -3.20. The van der Waals surface area contributed by atoms with Gasteiger partial charge in [-0.2, -0.15) is 0 Å². The summed E-state index contributed by atoms with van der Waals surface area (Å²) in [5.41, 5.74) is 7.07. The summed E-state index contributed by atoms with van der Waals surface area (Å²) in [5.74, 6) is -3.57. The number of aliphatic carboxylic acids is 1. The molecule has 0 aromatic carbocycles. The smallest absolute Gasteiger partial charge is 0.325 e. The largest absolute Gasteiger partial charge is 0.480 e. The number of amides is 3. The summed E-state index contributed by atoms with van der Waals surface area (Å²) in [7, 11) is 0. The molecule has 0 fully saturated rings. The van der Waals surface area contributed by atoms with Crippen molar-refractivity contribution in [2.75, 3.05) is 6.61 Å². The van der Waals surface area contributed by atoms with Crippen molar-refractivity contribution in [3.05, 3.63) is 36.4 Å². The maximum Gasteiger partial charge on any atom is 0.325 e. The highest BCUT2D eigenvalue weighted by atomic mass is 16.4. The normalized spacial score (nSPS) is 14.6. The van der Waals surface area contributed by atoms with Gasteiger partial charge in [-0.1, -0.05) is 0 Å². The molecule has 3 amide bonds. The number of rotatable bonds is 12.